The molecule has 0 saturated carbocycles. The van der Waals surface area contributed by atoms with E-state index >= 15 is 0 Å². The normalized spacial score (nSPS) is 13.7. The lowest BCUT2D eigenvalue weighted by Gasteiger charge is -2.27. The minimum absolute atomic E-state index is 0.190. The van der Waals surface area contributed by atoms with Gasteiger partial charge in [0.25, 0.3) is 0 Å². The van der Waals surface area contributed by atoms with E-state index < -0.39 is 53.8 Å². The molecular formula is C27H41N3O7. The molecule has 10 heteroatoms. The summed E-state index contributed by atoms with van der Waals surface area (Å²) in [5.74, 6) is -5.16. The number of esters is 1. The third-order valence-corrected chi connectivity index (χ3v) is 5.29. The highest BCUT2D eigenvalue weighted by Gasteiger charge is 2.30. The van der Waals surface area contributed by atoms with Crippen molar-refractivity contribution < 1.29 is 33.8 Å². The first-order valence-corrected chi connectivity index (χ1v) is 12.1. The molecule has 0 aliphatic rings. The summed E-state index contributed by atoms with van der Waals surface area (Å²) in [4.78, 5) is 61.3. The molecule has 3 amide bonds. The summed E-state index contributed by atoms with van der Waals surface area (Å²) in [5.41, 5.74) is 0.957. The average Bonchev–Trinajstić information content (AvgIpc) is 2.69. The molecule has 0 aliphatic carbocycles. The van der Waals surface area contributed by atoms with E-state index in [1.165, 1.54) is 6.92 Å². The van der Waals surface area contributed by atoms with Crippen molar-refractivity contribution in [1.29, 1.82) is 0 Å². The van der Waals surface area contributed by atoms with Gasteiger partial charge in [0.2, 0.25) is 5.91 Å². The number of rotatable bonds is 7. The van der Waals surface area contributed by atoms with Gasteiger partial charge in [0.15, 0.2) is 0 Å². The molecule has 1 rings (SSSR count). The Bertz CT molecular complexity index is 1040. The van der Waals surface area contributed by atoms with Crippen LogP contribution >= 0.6 is 0 Å². The molecule has 0 aliphatic heterocycles. The van der Waals surface area contributed by atoms with E-state index in [0.29, 0.717) is 5.69 Å². The number of hydrogen-bond acceptors (Lipinski definition) is 6. The van der Waals surface area contributed by atoms with Crippen molar-refractivity contribution in [3.05, 3.63) is 29.3 Å². The molecule has 37 heavy (non-hydrogen) atoms. The molecule has 0 unspecified atom stereocenters. The number of hydrogen-bond donors (Lipinski definition) is 4. The maximum absolute atomic E-state index is 12.7. The molecule has 0 heterocycles. The Morgan fingerprint density at radius 2 is 1.43 bits per heavy atom. The number of carboxylic acid groups (broad SMARTS) is 1. The SMILES string of the molecule is C[C@H](NC(=O)C(=O)Nc1cc(C(C)(C)C)ccc1C(C)(C)C)C(=O)N[C@@H](CC(=O)OC(C)(C)C)C(=O)O. The van der Waals surface area contributed by atoms with E-state index in [9.17, 15) is 29.1 Å². The maximum atomic E-state index is 12.7. The fourth-order valence-electron chi connectivity index (χ4n) is 3.32. The van der Waals surface area contributed by atoms with Gasteiger partial charge in [-0.1, -0.05) is 53.7 Å². The van der Waals surface area contributed by atoms with Gasteiger partial charge >= 0.3 is 23.8 Å². The number of nitrogens with one attached hydrogen (secondary N) is 3. The summed E-state index contributed by atoms with van der Waals surface area (Å²) in [5, 5.41) is 16.5. The van der Waals surface area contributed by atoms with Crippen molar-refractivity contribution in [2.75, 3.05) is 5.32 Å². The van der Waals surface area contributed by atoms with Crippen LogP contribution in [0.15, 0.2) is 18.2 Å². The first-order valence-electron chi connectivity index (χ1n) is 12.1. The van der Waals surface area contributed by atoms with Crippen molar-refractivity contribution in [3.63, 3.8) is 0 Å². The molecule has 10 nitrogen and oxygen atoms in total. The fourth-order valence-corrected chi connectivity index (χ4v) is 3.32. The second-order valence-electron chi connectivity index (χ2n) is 12.1. The van der Waals surface area contributed by atoms with Crippen LogP contribution in [-0.2, 0) is 39.5 Å². The largest absolute Gasteiger partial charge is 0.480 e. The highest BCUT2D eigenvalue weighted by Crippen LogP contribution is 2.33. The monoisotopic (exact) mass is 519 g/mol. The summed E-state index contributed by atoms with van der Waals surface area (Å²) in [6, 6.07) is 2.92. The van der Waals surface area contributed by atoms with E-state index in [0.717, 1.165) is 11.1 Å². The van der Waals surface area contributed by atoms with E-state index in [2.05, 4.69) is 16.0 Å². The molecule has 0 bridgehead atoms. The molecule has 1 aromatic rings. The lowest BCUT2D eigenvalue weighted by Crippen LogP contribution is -2.52. The molecule has 0 saturated heterocycles. The van der Waals surface area contributed by atoms with Gasteiger partial charge in [0.1, 0.15) is 17.7 Å². The number of carboxylic acids is 1. The molecule has 1 aromatic carbocycles. The molecular weight excluding hydrogens is 478 g/mol. The van der Waals surface area contributed by atoms with Crippen LogP contribution in [-0.4, -0.2) is 52.5 Å². The fraction of sp³-hybridized carbons (Fsp3) is 0.593. The molecule has 0 aromatic heterocycles. The van der Waals surface area contributed by atoms with Crippen molar-refractivity contribution in [2.24, 2.45) is 0 Å². The van der Waals surface area contributed by atoms with Crippen LogP contribution in [0.1, 0.15) is 86.8 Å². The lowest BCUT2D eigenvalue weighted by molar-refractivity contribution is -0.158. The maximum Gasteiger partial charge on any atom is 0.326 e. The topological polar surface area (TPSA) is 151 Å². The number of benzene rings is 1. The Labute approximate surface area is 218 Å². The summed E-state index contributed by atoms with van der Waals surface area (Å²) in [6.07, 6.45) is -0.598. The Morgan fingerprint density at radius 1 is 0.865 bits per heavy atom. The smallest absolute Gasteiger partial charge is 0.326 e. The summed E-state index contributed by atoms with van der Waals surface area (Å²) >= 11 is 0. The first kappa shape index (κ1) is 31.6. The molecule has 0 spiro atoms. The molecule has 0 radical (unpaired) electrons. The van der Waals surface area contributed by atoms with Gasteiger partial charge in [0, 0.05) is 5.69 Å². The number of carbonyl (C=O) groups excluding carboxylic acids is 4. The zero-order chi connectivity index (χ0) is 28.9. The summed E-state index contributed by atoms with van der Waals surface area (Å²) < 4.78 is 5.10. The summed E-state index contributed by atoms with van der Waals surface area (Å²) in [6.45, 7) is 18.2. The molecule has 206 valence electrons. The van der Waals surface area contributed by atoms with Crippen LogP contribution in [0.3, 0.4) is 0 Å². The molecule has 4 N–H and O–H groups in total. The quantitative estimate of drug-likeness (QED) is 0.319. The number of ether oxygens (including phenoxy) is 1. The van der Waals surface area contributed by atoms with Gasteiger partial charge in [-0.25, -0.2) is 4.79 Å². The second kappa shape index (κ2) is 11.7. The van der Waals surface area contributed by atoms with Gasteiger partial charge in [-0.3, -0.25) is 19.2 Å². The molecule has 2 atom stereocenters. The van der Waals surface area contributed by atoms with Gasteiger partial charge in [-0.05, 0) is 55.7 Å². The van der Waals surface area contributed by atoms with Crippen LogP contribution in [0, 0.1) is 0 Å². The third-order valence-electron chi connectivity index (χ3n) is 5.29. The highest BCUT2D eigenvalue weighted by molar-refractivity contribution is 6.40. The van der Waals surface area contributed by atoms with E-state index in [1.807, 2.05) is 59.7 Å². The summed E-state index contributed by atoms with van der Waals surface area (Å²) in [7, 11) is 0. The van der Waals surface area contributed by atoms with Gasteiger partial charge in [-0.15, -0.1) is 0 Å². The third kappa shape index (κ3) is 10.2. The molecule has 0 fully saturated rings. The van der Waals surface area contributed by atoms with Crippen LogP contribution in [0.25, 0.3) is 0 Å². The number of anilines is 1. The van der Waals surface area contributed by atoms with Crippen molar-refractivity contribution in [3.8, 4) is 0 Å². The van der Waals surface area contributed by atoms with Crippen LogP contribution in [0.4, 0.5) is 5.69 Å². The van der Waals surface area contributed by atoms with Crippen LogP contribution < -0.4 is 16.0 Å². The van der Waals surface area contributed by atoms with E-state index in [1.54, 1.807) is 20.8 Å². The van der Waals surface area contributed by atoms with Crippen LogP contribution in [0.5, 0.6) is 0 Å². The van der Waals surface area contributed by atoms with Gasteiger partial charge < -0.3 is 25.8 Å². The number of aliphatic carboxylic acids is 1. The second-order valence-corrected chi connectivity index (χ2v) is 12.1. The van der Waals surface area contributed by atoms with Crippen molar-refractivity contribution in [1.82, 2.24) is 10.6 Å². The average molecular weight is 520 g/mol. The van der Waals surface area contributed by atoms with E-state index in [4.69, 9.17) is 4.74 Å². The minimum atomic E-state index is -1.56. The zero-order valence-electron chi connectivity index (χ0n) is 23.5. The Morgan fingerprint density at radius 3 is 1.89 bits per heavy atom. The van der Waals surface area contributed by atoms with E-state index in [-0.39, 0.29) is 10.8 Å². The number of carbonyl (C=O) groups is 5. The predicted octanol–water partition coefficient (Wildman–Crippen LogP) is 3.03. The Kier molecular flexibility index (Phi) is 10.0. The Balaban J connectivity index is 2.94. The first-order chi connectivity index (χ1) is 16.6. The number of amides is 3. The Hall–Kier alpha value is -3.43. The lowest BCUT2D eigenvalue weighted by atomic mass is 9.81. The van der Waals surface area contributed by atoms with Crippen LogP contribution in [0.2, 0.25) is 0 Å². The van der Waals surface area contributed by atoms with Crippen molar-refractivity contribution in [2.45, 2.75) is 104 Å². The standard InChI is InChI=1S/C27H41N3O7/c1-15(21(32)30-19(24(35)36)14-20(31)37-27(8,9)10)28-22(33)23(34)29-18-13-16(25(2,3)4)11-12-17(18)26(5,6)7/h11-13,15,19H,14H2,1-10H3,(H,28,33)(H,29,34)(H,30,32)(H,35,36)/t15-,19-/m0/s1. The van der Waals surface area contributed by atoms with Gasteiger partial charge in [0.05, 0.1) is 6.42 Å². The minimum Gasteiger partial charge on any atom is -0.480 e. The van der Waals surface area contributed by atoms with Gasteiger partial charge in [-0.2, -0.15) is 0 Å². The predicted molar refractivity (Wildman–Crippen MR) is 140 cm³/mol. The van der Waals surface area contributed by atoms with Crippen molar-refractivity contribution >= 4 is 35.3 Å². The highest BCUT2D eigenvalue weighted by atomic mass is 16.6. The zero-order valence-corrected chi connectivity index (χ0v) is 23.5.